The normalized spacial score (nSPS) is 10.8. The molecule has 138 valence electrons. The third-order valence-electron chi connectivity index (χ3n) is 3.25. The molecule has 0 heterocycles. The molecule has 0 saturated heterocycles. The molecule has 0 spiro atoms. The van der Waals surface area contributed by atoms with E-state index in [1.807, 2.05) is 25.1 Å². The second-order valence-electron chi connectivity index (χ2n) is 5.32. The maximum atomic E-state index is 12.1. The molecule has 5 nitrogen and oxygen atoms in total. The summed E-state index contributed by atoms with van der Waals surface area (Å²) in [7, 11) is 0. The van der Waals surface area contributed by atoms with Crippen molar-refractivity contribution in [3.8, 4) is 11.5 Å². The zero-order valence-corrected chi connectivity index (χ0v) is 18.3. The average Bonchev–Trinajstić information content (AvgIpc) is 2.61. The second-order valence-corrected chi connectivity index (χ2v) is 7.40. The summed E-state index contributed by atoms with van der Waals surface area (Å²) in [6, 6.07) is 10.9. The molecule has 0 aromatic heterocycles. The van der Waals surface area contributed by atoms with Crippen LogP contribution in [0.5, 0.6) is 11.5 Å². The summed E-state index contributed by atoms with van der Waals surface area (Å²) in [5, 5.41) is 4.04. The highest BCUT2D eigenvalue weighted by Crippen LogP contribution is 2.34. The number of carbonyl (C=O) groups excluding carboxylic acids is 1. The molecule has 2 aromatic carbocycles. The number of rotatable bonds is 8. The lowest BCUT2D eigenvalue weighted by molar-refractivity contribution is 0.0955. The Hall–Kier alpha value is -1.61. The fraction of sp³-hybridized carbons (Fsp3) is 0.263. The second kappa shape index (κ2) is 10.5. The molecule has 0 atom stereocenters. The van der Waals surface area contributed by atoms with Gasteiger partial charge in [-0.2, -0.15) is 5.10 Å². The zero-order chi connectivity index (χ0) is 18.9. The highest BCUT2D eigenvalue weighted by atomic mass is 127. The van der Waals surface area contributed by atoms with Crippen LogP contribution in [0.15, 0.2) is 46.0 Å². The van der Waals surface area contributed by atoms with Crippen molar-refractivity contribution in [3.63, 3.8) is 0 Å². The number of benzene rings is 2. The number of carbonyl (C=O) groups is 1. The Bertz CT molecular complexity index is 796. The molecule has 1 amide bonds. The summed E-state index contributed by atoms with van der Waals surface area (Å²) in [6.45, 7) is 5.16. The van der Waals surface area contributed by atoms with Crippen LogP contribution in [0.2, 0.25) is 0 Å². The van der Waals surface area contributed by atoms with Gasteiger partial charge in [0.2, 0.25) is 0 Å². The first-order chi connectivity index (χ1) is 12.5. The molecule has 0 saturated carbocycles. The van der Waals surface area contributed by atoms with Gasteiger partial charge in [0, 0.05) is 10.0 Å². The van der Waals surface area contributed by atoms with Gasteiger partial charge in [-0.3, -0.25) is 4.79 Å². The Morgan fingerprint density at radius 3 is 2.77 bits per heavy atom. The van der Waals surface area contributed by atoms with E-state index in [0.29, 0.717) is 24.5 Å². The number of halogens is 2. The molecule has 2 aromatic rings. The molecule has 0 aliphatic heterocycles. The Balaban J connectivity index is 2.12. The summed E-state index contributed by atoms with van der Waals surface area (Å²) in [6.07, 6.45) is 2.51. The van der Waals surface area contributed by atoms with E-state index in [-0.39, 0.29) is 5.91 Å². The lowest BCUT2D eigenvalue weighted by Gasteiger charge is -2.14. The third-order valence-corrected chi connectivity index (χ3v) is 4.54. The summed E-state index contributed by atoms with van der Waals surface area (Å²) >= 11 is 5.56. The highest BCUT2D eigenvalue weighted by molar-refractivity contribution is 14.1. The van der Waals surface area contributed by atoms with Crippen molar-refractivity contribution in [2.45, 2.75) is 20.3 Å². The minimum atomic E-state index is -0.273. The van der Waals surface area contributed by atoms with Crippen molar-refractivity contribution in [1.82, 2.24) is 5.43 Å². The van der Waals surface area contributed by atoms with Gasteiger partial charge in [0.15, 0.2) is 11.5 Å². The van der Waals surface area contributed by atoms with Crippen LogP contribution in [-0.2, 0) is 0 Å². The number of amides is 1. The number of nitrogens with zero attached hydrogens (tertiary/aromatic N) is 1. The predicted octanol–water partition coefficient (Wildman–Crippen LogP) is 5.01. The van der Waals surface area contributed by atoms with Crippen LogP contribution >= 0.6 is 38.5 Å². The molecule has 0 unspecified atom stereocenters. The van der Waals surface area contributed by atoms with Gasteiger partial charge in [0.05, 0.1) is 23.0 Å². The molecule has 7 heteroatoms. The van der Waals surface area contributed by atoms with Crippen LogP contribution in [0.1, 0.15) is 36.2 Å². The van der Waals surface area contributed by atoms with Crippen molar-refractivity contribution in [1.29, 1.82) is 0 Å². The van der Waals surface area contributed by atoms with Gasteiger partial charge in [-0.05, 0) is 71.8 Å². The van der Waals surface area contributed by atoms with Crippen LogP contribution in [0, 0.1) is 3.57 Å². The first kappa shape index (κ1) is 20.7. The largest absolute Gasteiger partial charge is 0.490 e. The first-order valence-corrected chi connectivity index (χ1v) is 10.1. The van der Waals surface area contributed by atoms with E-state index in [1.165, 1.54) is 0 Å². The van der Waals surface area contributed by atoms with E-state index in [0.717, 1.165) is 25.8 Å². The van der Waals surface area contributed by atoms with Crippen molar-refractivity contribution in [2.75, 3.05) is 13.2 Å². The SMILES string of the molecule is CCCOc1c(I)cc(/C=N/NC(=O)c2cccc(Br)c2)cc1OCC. The number of hydrazone groups is 1. The van der Waals surface area contributed by atoms with Gasteiger partial charge in [0.1, 0.15) is 0 Å². The molecular formula is C19H20BrIN2O3. The molecule has 0 aliphatic rings. The fourth-order valence-electron chi connectivity index (χ4n) is 2.13. The van der Waals surface area contributed by atoms with Crippen LogP contribution in [-0.4, -0.2) is 25.3 Å². The van der Waals surface area contributed by atoms with Crippen molar-refractivity contribution in [3.05, 3.63) is 55.6 Å². The number of hydrogen-bond acceptors (Lipinski definition) is 4. The summed E-state index contributed by atoms with van der Waals surface area (Å²) < 4.78 is 13.2. The average molecular weight is 531 g/mol. The van der Waals surface area contributed by atoms with Crippen molar-refractivity contribution < 1.29 is 14.3 Å². The minimum Gasteiger partial charge on any atom is -0.490 e. The van der Waals surface area contributed by atoms with E-state index in [4.69, 9.17) is 9.47 Å². The smallest absolute Gasteiger partial charge is 0.271 e. The minimum absolute atomic E-state index is 0.273. The van der Waals surface area contributed by atoms with Crippen LogP contribution in [0.25, 0.3) is 0 Å². The number of nitrogens with one attached hydrogen (secondary N) is 1. The maximum absolute atomic E-state index is 12.1. The molecule has 0 aliphatic carbocycles. The predicted molar refractivity (Wildman–Crippen MR) is 115 cm³/mol. The summed E-state index contributed by atoms with van der Waals surface area (Å²) in [5.41, 5.74) is 3.88. The van der Waals surface area contributed by atoms with Crippen LogP contribution in [0.4, 0.5) is 0 Å². The summed E-state index contributed by atoms with van der Waals surface area (Å²) in [5.74, 6) is 1.14. The number of hydrogen-bond donors (Lipinski definition) is 1. The Morgan fingerprint density at radius 1 is 1.27 bits per heavy atom. The molecule has 0 fully saturated rings. The lowest BCUT2D eigenvalue weighted by Crippen LogP contribution is -2.17. The molecular weight excluding hydrogens is 511 g/mol. The van der Waals surface area contributed by atoms with Gasteiger partial charge < -0.3 is 9.47 Å². The molecule has 0 radical (unpaired) electrons. The van der Waals surface area contributed by atoms with E-state index in [1.54, 1.807) is 24.4 Å². The van der Waals surface area contributed by atoms with Crippen molar-refractivity contribution >= 4 is 50.6 Å². The quantitative estimate of drug-likeness (QED) is 0.296. The van der Waals surface area contributed by atoms with Crippen LogP contribution < -0.4 is 14.9 Å². The molecule has 26 heavy (non-hydrogen) atoms. The molecule has 0 bridgehead atoms. The highest BCUT2D eigenvalue weighted by Gasteiger charge is 2.11. The maximum Gasteiger partial charge on any atom is 0.271 e. The van der Waals surface area contributed by atoms with E-state index >= 15 is 0 Å². The Kier molecular flexibility index (Phi) is 8.37. The van der Waals surface area contributed by atoms with Gasteiger partial charge in [-0.25, -0.2) is 5.43 Å². The number of ether oxygens (including phenoxy) is 2. The monoisotopic (exact) mass is 530 g/mol. The van der Waals surface area contributed by atoms with Gasteiger partial charge in [0.25, 0.3) is 5.91 Å². The fourth-order valence-corrected chi connectivity index (χ4v) is 3.31. The van der Waals surface area contributed by atoms with Gasteiger partial charge in [-0.1, -0.05) is 28.9 Å². The Labute approximate surface area is 175 Å². The van der Waals surface area contributed by atoms with E-state index in [9.17, 15) is 4.79 Å². The topological polar surface area (TPSA) is 59.9 Å². The molecule has 2 rings (SSSR count). The lowest BCUT2D eigenvalue weighted by atomic mass is 10.2. The standard InChI is InChI=1S/C19H20BrIN2O3/c1-3-8-26-18-16(21)9-13(10-17(18)25-4-2)12-22-23-19(24)14-6-5-7-15(20)11-14/h5-7,9-12H,3-4,8H2,1-2H3,(H,23,24)/b22-12+. The zero-order valence-electron chi connectivity index (χ0n) is 14.6. The molecule has 1 N–H and O–H groups in total. The van der Waals surface area contributed by atoms with E-state index < -0.39 is 0 Å². The van der Waals surface area contributed by atoms with Gasteiger partial charge >= 0.3 is 0 Å². The van der Waals surface area contributed by atoms with Gasteiger partial charge in [-0.15, -0.1) is 0 Å². The van der Waals surface area contributed by atoms with E-state index in [2.05, 4.69) is 56.0 Å². The summed E-state index contributed by atoms with van der Waals surface area (Å²) in [4.78, 5) is 12.1. The third kappa shape index (κ3) is 5.98. The Morgan fingerprint density at radius 2 is 2.08 bits per heavy atom. The first-order valence-electron chi connectivity index (χ1n) is 8.23. The van der Waals surface area contributed by atoms with Crippen LogP contribution in [0.3, 0.4) is 0 Å². The van der Waals surface area contributed by atoms with Crippen molar-refractivity contribution in [2.24, 2.45) is 5.10 Å².